The summed E-state index contributed by atoms with van der Waals surface area (Å²) in [4.78, 5) is 7.96. The van der Waals surface area contributed by atoms with Crippen molar-refractivity contribution >= 4 is 19.1 Å². The van der Waals surface area contributed by atoms with Crippen LogP contribution >= 0.6 is 0 Å². The van der Waals surface area contributed by atoms with Crippen LogP contribution in [0.5, 0.6) is 0 Å². The van der Waals surface area contributed by atoms with Gasteiger partial charge in [-0.2, -0.15) is 5.10 Å². The Kier molecular flexibility index (Phi) is 3.88. The summed E-state index contributed by atoms with van der Waals surface area (Å²) < 4.78 is 1.81. The number of para-hydroxylation sites is 2. The van der Waals surface area contributed by atoms with Crippen molar-refractivity contribution in [2.24, 2.45) is 0 Å². The van der Waals surface area contributed by atoms with E-state index in [1.54, 1.807) is 0 Å². The Hall–Kier alpha value is -2.32. The second-order valence-electron chi connectivity index (χ2n) is 8.16. The molecule has 1 N–H and O–H groups in total. The van der Waals surface area contributed by atoms with Crippen LogP contribution in [0.4, 0.5) is 0 Å². The van der Waals surface area contributed by atoms with Gasteiger partial charge in [-0.1, -0.05) is 58.5 Å². The van der Waals surface area contributed by atoms with Crippen molar-refractivity contribution in [2.45, 2.75) is 45.8 Å². The highest BCUT2D eigenvalue weighted by Crippen LogP contribution is 2.25. The predicted octanol–water partition coefficient (Wildman–Crippen LogP) is 4.28. The smallest absolute Gasteiger partial charge is 0.229 e. The summed E-state index contributed by atoms with van der Waals surface area (Å²) in [5.74, 6) is 4.10. The van der Waals surface area contributed by atoms with E-state index >= 15 is 0 Å². The van der Waals surface area contributed by atoms with E-state index in [4.69, 9.17) is 5.10 Å². The number of nitrogens with one attached hydrogen (secondary N) is 1. The number of hydrogen-bond acceptors (Lipinski definition) is 2. The largest absolute Gasteiger partial charge is 0.322 e. The zero-order valence-electron chi connectivity index (χ0n) is 15.2. The number of imidazole rings is 1. The molecule has 0 spiro atoms. The van der Waals surface area contributed by atoms with Crippen LogP contribution in [-0.4, -0.2) is 27.8 Å². The quantitative estimate of drug-likeness (QED) is 0.533. The molecule has 24 heavy (non-hydrogen) atoms. The molecule has 1 aromatic carbocycles. The van der Waals surface area contributed by atoms with E-state index in [0.717, 1.165) is 28.2 Å². The van der Waals surface area contributed by atoms with Gasteiger partial charge in [-0.15, -0.1) is 5.54 Å². The van der Waals surface area contributed by atoms with Crippen LogP contribution in [0.15, 0.2) is 30.5 Å². The van der Waals surface area contributed by atoms with Crippen molar-refractivity contribution in [2.75, 3.05) is 0 Å². The Bertz CT molecular complexity index is 907. The Balaban J connectivity index is 2.12. The number of benzene rings is 1. The number of rotatable bonds is 1. The zero-order valence-corrected chi connectivity index (χ0v) is 16.2. The van der Waals surface area contributed by atoms with Crippen molar-refractivity contribution in [3.8, 4) is 17.4 Å². The van der Waals surface area contributed by atoms with E-state index in [1.165, 1.54) is 0 Å². The molecule has 0 amide bonds. The van der Waals surface area contributed by atoms with Crippen molar-refractivity contribution < 1.29 is 0 Å². The SMILES string of the molecule is CC(C)(C)c1nn(-c2nc3ccccc3[nH]2)cc1C#C[Si](C)(C)C. The molecule has 0 radical (unpaired) electrons. The van der Waals surface area contributed by atoms with Crippen LogP contribution in [-0.2, 0) is 5.41 Å². The van der Waals surface area contributed by atoms with Crippen molar-refractivity contribution in [1.29, 1.82) is 0 Å². The molecule has 2 aromatic heterocycles. The molecule has 124 valence electrons. The first-order valence-corrected chi connectivity index (χ1v) is 11.7. The molecule has 5 heteroatoms. The number of aromatic nitrogens is 4. The molecule has 4 nitrogen and oxygen atoms in total. The minimum Gasteiger partial charge on any atom is -0.322 e. The van der Waals surface area contributed by atoms with Crippen LogP contribution in [0.2, 0.25) is 19.6 Å². The van der Waals surface area contributed by atoms with E-state index in [2.05, 4.69) is 61.8 Å². The highest BCUT2D eigenvalue weighted by Gasteiger charge is 2.23. The molecule has 0 aliphatic carbocycles. The average Bonchev–Trinajstić information content (AvgIpc) is 3.07. The Morgan fingerprint density at radius 2 is 1.83 bits per heavy atom. The number of aromatic amines is 1. The summed E-state index contributed by atoms with van der Waals surface area (Å²) >= 11 is 0. The number of hydrogen-bond donors (Lipinski definition) is 1. The monoisotopic (exact) mass is 336 g/mol. The van der Waals surface area contributed by atoms with E-state index in [0.29, 0.717) is 0 Å². The first kappa shape index (κ1) is 16.5. The summed E-state index contributed by atoms with van der Waals surface area (Å²) in [7, 11) is -1.44. The average molecular weight is 337 g/mol. The van der Waals surface area contributed by atoms with Crippen LogP contribution < -0.4 is 0 Å². The van der Waals surface area contributed by atoms with E-state index in [1.807, 2.05) is 35.1 Å². The van der Waals surface area contributed by atoms with Crippen molar-refractivity contribution in [3.05, 3.63) is 41.7 Å². The topological polar surface area (TPSA) is 46.5 Å². The fourth-order valence-corrected chi connectivity index (χ4v) is 2.94. The number of H-pyrrole nitrogens is 1. The van der Waals surface area contributed by atoms with E-state index in [9.17, 15) is 0 Å². The summed E-state index contributed by atoms with van der Waals surface area (Å²) in [5.41, 5.74) is 7.33. The van der Waals surface area contributed by atoms with Gasteiger partial charge in [-0.25, -0.2) is 9.67 Å². The minimum absolute atomic E-state index is 0.0687. The summed E-state index contributed by atoms with van der Waals surface area (Å²) in [6.45, 7) is 13.2. The minimum atomic E-state index is -1.44. The van der Waals surface area contributed by atoms with Gasteiger partial charge in [-0.3, -0.25) is 0 Å². The molecule has 3 rings (SSSR count). The van der Waals surface area contributed by atoms with Crippen molar-refractivity contribution in [1.82, 2.24) is 19.7 Å². The molecular formula is C19H24N4Si. The van der Waals surface area contributed by atoms with Gasteiger partial charge in [0.05, 0.1) is 22.3 Å². The normalized spacial score (nSPS) is 12.2. The van der Waals surface area contributed by atoms with Gasteiger partial charge in [0.15, 0.2) is 0 Å². The second kappa shape index (κ2) is 5.64. The third-order valence-corrected chi connectivity index (χ3v) is 4.47. The van der Waals surface area contributed by atoms with Crippen LogP contribution in [0.25, 0.3) is 17.0 Å². The molecule has 0 saturated heterocycles. The molecule has 3 aromatic rings. The lowest BCUT2D eigenvalue weighted by atomic mass is 9.90. The lowest BCUT2D eigenvalue weighted by Crippen LogP contribution is -2.17. The van der Waals surface area contributed by atoms with E-state index in [-0.39, 0.29) is 5.41 Å². The molecule has 0 bridgehead atoms. The summed E-state index contributed by atoms with van der Waals surface area (Å²) in [5, 5.41) is 4.78. The van der Waals surface area contributed by atoms with Gasteiger partial charge >= 0.3 is 0 Å². The molecule has 0 aliphatic rings. The Labute approximate surface area is 144 Å². The third kappa shape index (κ3) is 3.44. The Morgan fingerprint density at radius 3 is 2.46 bits per heavy atom. The molecule has 0 unspecified atom stereocenters. The molecule has 0 aliphatic heterocycles. The maximum atomic E-state index is 4.78. The van der Waals surface area contributed by atoms with Gasteiger partial charge < -0.3 is 4.98 Å². The fourth-order valence-electron chi connectivity index (χ4n) is 2.43. The van der Waals surface area contributed by atoms with E-state index < -0.39 is 8.07 Å². The molecule has 2 heterocycles. The maximum Gasteiger partial charge on any atom is 0.229 e. The van der Waals surface area contributed by atoms with Gasteiger partial charge in [0.1, 0.15) is 8.07 Å². The van der Waals surface area contributed by atoms with Gasteiger partial charge in [0.2, 0.25) is 5.95 Å². The fraction of sp³-hybridized carbons (Fsp3) is 0.368. The number of nitrogens with zero attached hydrogens (tertiary/aromatic N) is 3. The maximum absolute atomic E-state index is 4.78. The lowest BCUT2D eigenvalue weighted by molar-refractivity contribution is 0.557. The summed E-state index contributed by atoms with van der Waals surface area (Å²) in [6, 6.07) is 8.00. The first-order chi connectivity index (χ1) is 11.1. The molecular weight excluding hydrogens is 312 g/mol. The predicted molar refractivity (Wildman–Crippen MR) is 102 cm³/mol. The lowest BCUT2D eigenvalue weighted by Gasteiger charge is -2.15. The first-order valence-electron chi connectivity index (χ1n) is 8.22. The number of fused-ring (bicyclic) bond motifs is 1. The van der Waals surface area contributed by atoms with Crippen LogP contribution in [0.3, 0.4) is 0 Å². The van der Waals surface area contributed by atoms with Crippen molar-refractivity contribution in [3.63, 3.8) is 0 Å². The van der Waals surface area contributed by atoms with Crippen LogP contribution in [0, 0.1) is 11.5 Å². The van der Waals surface area contributed by atoms with Crippen LogP contribution in [0.1, 0.15) is 32.0 Å². The second-order valence-corrected chi connectivity index (χ2v) is 12.9. The Morgan fingerprint density at radius 1 is 1.12 bits per heavy atom. The highest BCUT2D eigenvalue weighted by molar-refractivity contribution is 6.83. The highest BCUT2D eigenvalue weighted by atomic mass is 28.3. The molecule has 0 atom stereocenters. The third-order valence-electron chi connectivity index (χ3n) is 3.59. The molecule has 0 saturated carbocycles. The standard InChI is InChI=1S/C19H24N4Si/c1-19(2,3)17-14(11-12-24(4,5)6)13-23(22-17)18-20-15-9-7-8-10-16(15)21-18/h7-10,13H,1-6H3,(H,20,21). The summed E-state index contributed by atoms with van der Waals surface area (Å²) in [6.07, 6.45) is 1.99. The van der Waals surface area contributed by atoms with Gasteiger partial charge in [-0.05, 0) is 12.1 Å². The van der Waals surface area contributed by atoms with Gasteiger partial charge in [0, 0.05) is 11.6 Å². The zero-order chi connectivity index (χ0) is 17.5. The molecule has 0 fully saturated rings. The van der Waals surface area contributed by atoms with Gasteiger partial charge in [0.25, 0.3) is 0 Å².